The van der Waals surface area contributed by atoms with E-state index in [2.05, 4.69) is 24.1 Å². The van der Waals surface area contributed by atoms with Crippen molar-refractivity contribution < 1.29 is 4.74 Å². The van der Waals surface area contributed by atoms with Gasteiger partial charge in [0.1, 0.15) is 0 Å². The van der Waals surface area contributed by atoms with E-state index >= 15 is 0 Å². The van der Waals surface area contributed by atoms with Gasteiger partial charge in [-0.1, -0.05) is 13.8 Å². The number of nitrogens with zero attached hydrogens (tertiary/aromatic N) is 1. The Hall–Kier alpha value is -0.120. The van der Waals surface area contributed by atoms with Gasteiger partial charge in [-0.15, -0.1) is 0 Å². The van der Waals surface area contributed by atoms with Crippen LogP contribution in [0.5, 0.6) is 0 Å². The number of hydrogen-bond donors (Lipinski definition) is 1. The summed E-state index contributed by atoms with van der Waals surface area (Å²) in [6.45, 7) is 10.6. The highest BCUT2D eigenvalue weighted by Crippen LogP contribution is 1.83. The van der Waals surface area contributed by atoms with E-state index in [9.17, 15) is 0 Å². The highest BCUT2D eigenvalue weighted by Gasteiger charge is 1.96. The van der Waals surface area contributed by atoms with Gasteiger partial charge in [-0.3, -0.25) is 0 Å². The Kier molecular flexibility index (Phi) is 8.88. The molecule has 0 radical (unpaired) electrons. The van der Waals surface area contributed by atoms with E-state index in [0.29, 0.717) is 0 Å². The standard InChI is InChI=1S/C9H22N2O/c1-4-11(5-2)8-6-10-7-9-12-3/h10H,4-9H2,1-3H3. The van der Waals surface area contributed by atoms with Gasteiger partial charge in [-0.05, 0) is 13.1 Å². The maximum Gasteiger partial charge on any atom is 0.0587 e. The van der Waals surface area contributed by atoms with Gasteiger partial charge in [0.2, 0.25) is 0 Å². The fourth-order valence-electron chi connectivity index (χ4n) is 1.08. The number of ether oxygens (including phenoxy) is 1. The molecule has 0 aromatic rings. The molecule has 0 amide bonds. The molecule has 0 aromatic carbocycles. The molecule has 74 valence electrons. The fraction of sp³-hybridized carbons (Fsp3) is 1.00. The zero-order valence-electron chi connectivity index (χ0n) is 8.60. The average molecular weight is 174 g/mol. The highest BCUT2D eigenvalue weighted by molar-refractivity contribution is 4.54. The molecule has 0 bridgehead atoms. The summed E-state index contributed by atoms with van der Waals surface area (Å²) in [4.78, 5) is 2.40. The predicted octanol–water partition coefficient (Wildman–Crippen LogP) is 0.564. The topological polar surface area (TPSA) is 24.5 Å². The van der Waals surface area contributed by atoms with Gasteiger partial charge >= 0.3 is 0 Å². The van der Waals surface area contributed by atoms with Gasteiger partial charge in [0, 0.05) is 26.7 Å². The summed E-state index contributed by atoms with van der Waals surface area (Å²) in [5, 5.41) is 3.32. The Balaban J connectivity index is 3.06. The normalized spacial score (nSPS) is 11.0. The van der Waals surface area contributed by atoms with Crippen LogP contribution in [0.3, 0.4) is 0 Å². The van der Waals surface area contributed by atoms with Crippen LogP contribution < -0.4 is 5.32 Å². The third-order valence-electron chi connectivity index (χ3n) is 1.98. The molecule has 3 nitrogen and oxygen atoms in total. The zero-order valence-corrected chi connectivity index (χ0v) is 8.60. The molecule has 0 atom stereocenters. The van der Waals surface area contributed by atoms with Crippen molar-refractivity contribution in [2.24, 2.45) is 0 Å². The van der Waals surface area contributed by atoms with Crippen molar-refractivity contribution in [2.45, 2.75) is 13.8 Å². The SMILES string of the molecule is CCN(CC)CCNCCOC. The van der Waals surface area contributed by atoms with Crippen molar-refractivity contribution in [1.82, 2.24) is 10.2 Å². The first kappa shape index (κ1) is 11.9. The second kappa shape index (κ2) is 8.97. The fourth-order valence-corrected chi connectivity index (χ4v) is 1.08. The molecule has 0 aliphatic carbocycles. The van der Waals surface area contributed by atoms with Crippen LogP contribution in [0.15, 0.2) is 0 Å². The Bertz CT molecular complexity index is 84.6. The van der Waals surface area contributed by atoms with Gasteiger partial charge in [0.25, 0.3) is 0 Å². The van der Waals surface area contributed by atoms with Crippen LogP contribution in [0.4, 0.5) is 0 Å². The lowest BCUT2D eigenvalue weighted by Gasteiger charge is -2.17. The van der Waals surface area contributed by atoms with Crippen molar-refractivity contribution in [3.8, 4) is 0 Å². The van der Waals surface area contributed by atoms with E-state index in [4.69, 9.17) is 4.74 Å². The van der Waals surface area contributed by atoms with Gasteiger partial charge < -0.3 is 15.0 Å². The molecule has 0 unspecified atom stereocenters. The van der Waals surface area contributed by atoms with E-state index in [1.54, 1.807) is 7.11 Å². The van der Waals surface area contributed by atoms with Crippen molar-refractivity contribution >= 4 is 0 Å². The largest absolute Gasteiger partial charge is 0.383 e. The minimum absolute atomic E-state index is 0.804. The van der Waals surface area contributed by atoms with Gasteiger partial charge in [0.15, 0.2) is 0 Å². The molecule has 0 rings (SSSR count). The second-order valence-corrected chi connectivity index (χ2v) is 2.77. The van der Waals surface area contributed by atoms with Crippen LogP contribution >= 0.6 is 0 Å². The van der Waals surface area contributed by atoms with Crippen LogP contribution in [0, 0.1) is 0 Å². The monoisotopic (exact) mass is 174 g/mol. The number of nitrogens with one attached hydrogen (secondary N) is 1. The van der Waals surface area contributed by atoms with Gasteiger partial charge in [-0.2, -0.15) is 0 Å². The summed E-state index contributed by atoms with van der Waals surface area (Å²) in [5.41, 5.74) is 0. The first-order valence-corrected chi connectivity index (χ1v) is 4.77. The lowest BCUT2D eigenvalue weighted by molar-refractivity contribution is 0.197. The molecular formula is C9H22N2O. The Morgan fingerprint density at radius 3 is 2.33 bits per heavy atom. The first-order chi connectivity index (χ1) is 5.85. The van der Waals surface area contributed by atoms with Gasteiger partial charge in [-0.25, -0.2) is 0 Å². The van der Waals surface area contributed by atoms with Crippen LogP contribution in [-0.4, -0.2) is 51.3 Å². The molecule has 0 aliphatic rings. The van der Waals surface area contributed by atoms with E-state index in [-0.39, 0.29) is 0 Å². The number of hydrogen-bond acceptors (Lipinski definition) is 3. The lowest BCUT2D eigenvalue weighted by Crippen LogP contribution is -2.33. The average Bonchev–Trinajstić information content (AvgIpc) is 2.11. The first-order valence-electron chi connectivity index (χ1n) is 4.77. The van der Waals surface area contributed by atoms with Crippen LogP contribution in [0.1, 0.15) is 13.8 Å². The summed E-state index contributed by atoms with van der Waals surface area (Å²) < 4.78 is 4.93. The number of methoxy groups -OCH3 is 1. The summed E-state index contributed by atoms with van der Waals surface area (Å²) in [5.74, 6) is 0. The van der Waals surface area contributed by atoms with Gasteiger partial charge in [0.05, 0.1) is 6.61 Å². The summed E-state index contributed by atoms with van der Waals surface area (Å²) in [6, 6.07) is 0. The Morgan fingerprint density at radius 2 is 1.83 bits per heavy atom. The minimum atomic E-state index is 0.804. The number of likely N-dealkylation sites (N-methyl/N-ethyl adjacent to an activating group) is 1. The summed E-state index contributed by atoms with van der Waals surface area (Å²) >= 11 is 0. The quantitative estimate of drug-likeness (QED) is 0.544. The molecule has 0 heterocycles. The third kappa shape index (κ3) is 6.58. The Morgan fingerprint density at radius 1 is 1.17 bits per heavy atom. The van der Waals surface area contributed by atoms with E-state index in [1.165, 1.54) is 0 Å². The van der Waals surface area contributed by atoms with E-state index in [0.717, 1.165) is 39.3 Å². The maximum atomic E-state index is 4.93. The third-order valence-corrected chi connectivity index (χ3v) is 1.98. The van der Waals surface area contributed by atoms with Crippen LogP contribution in [0.2, 0.25) is 0 Å². The Labute approximate surface area is 76.1 Å². The summed E-state index contributed by atoms with van der Waals surface area (Å²) in [7, 11) is 1.73. The smallest absolute Gasteiger partial charge is 0.0587 e. The summed E-state index contributed by atoms with van der Waals surface area (Å²) in [6.07, 6.45) is 0. The molecule has 1 N–H and O–H groups in total. The predicted molar refractivity (Wildman–Crippen MR) is 52.5 cm³/mol. The highest BCUT2D eigenvalue weighted by atomic mass is 16.5. The molecular weight excluding hydrogens is 152 g/mol. The zero-order chi connectivity index (χ0) is 9.23. The van der Waals surface area contributed by atoms with E-state index < -0.39 is 0 Å². The molecule has 3 heteroatoms. The molecule has 0 aromatic heterocycles. The molecule has 0 saturated carbocycles. The molecule has 0 saturated heterocycles. The second-order valence-electron chi connectivity index (χ2n) is 2.77. The molecule has 0 aliphatic heterocycles. The van der Waals surface area contributed by atoms with Crippen molar-refractivity contribution in [3.63, 3.8) is 0 Å². The molecule has 0 spiro atoms. The molecule has 12 heavy (non-hydrogen) atoms. The maximum absolute atomic E-state index is 4.93. The number of rotatable bonds is 8. The van der Waals surface area contributed by atoms with Crippen molar-refractivity contribution in [3.05, 3.63) is 0 Å². The molecule has 0 fully saturated rings. The lowest BCUT2D eigenvalue weighted by atomic mass is 10.4. The van der Waals surface area contributed by atoms with Crippen LogP contribution in [0.25, 0.3) is 0 Å². The van der Waals surface area contributed by atoms with E-state index in [1.807, 2.05) is 0 Å². The van der Waals surface area contributed by atoms with Crippen LogP contribution in [-0.2, 0) is 4.74 Å². The van der Waals surface area contributed by atoms with Crippen molar-refractivity contribution in [2.75, 3.05) is 46.4 Å². The minimum Gasteiger partial charge on any atom is -0.383 e. The van der Waals surface area contributed by atoms with Crippen molar-refractivity contribution in [1.29, 1.82) is 0 Å².